The number of hydrogen-bond acceptors (Lipinski definition) is 6. The van der Waals surface area contributed by atoms with Gasteiger partial charge in [-0.25, -0.2) is 0 Å². The van der Waals surface area contributed by atoms with Crippen molar-refractivity contribution in [3.05, 3.63) is 11.6 Å². The Morgan fingerprint density at radius 1 is 1.14 bits per heavy atom. The van der Waals surface area contributed by atoms with Crippen molar-refractivity contribution in [1.29, 1.82) is 0 Å². The minimum atomic E-state index is -1.12. The van der Waals surface area contributed by atoms with Crippen molar-refractivity contribution in [3.8, 4) is 0 Å². The minimum Gasteiger partial charge on any atom is -0.390 e. The number of amides is 1. The molecule has 4 rings (SSSR count). The Morgan fingerprint density at radius 2 is 1.83 bits per heavy atom. The number of hydrogen-bond donors (Lipinski definition) is 3. The van der Waals surface area contributed by atoms with Gasteiger partial charge in [-0.15, -0.1) is 0 Å². The highest BCUT2D eigenvalue weighted by molar-refractivity contribution is 5.95. The molecule has 3 N–H and O–H groups in total. The van der Waals surface area contributed by atoms with Crippen LogP contribution in [0.15, 0.2) is 11.6 Å². The van der Waals surface area contributed by atoms with E-state index in [1.54, 1.807) is 13.2 Å². The monoisotopic (exact) mass is 491 g/mol. The van der Waals surface area contributed by atoms with E-state index >= 15 is 0 Å². The van der Waals surface area contributed by atoms with Crippen molar-refractivity contribution in [1.82, 2.24) is 4.90 Å². The van der Waals surface area contributed by atoms with Gasteiger partial charge in [-0.3, -0.25) is 9.59 Å². The minimum absolute atomic E-state index is 0.00127. The van der Waals surface area contributed by atoms with Gasteiger partial charge in [0.2, 0.25) is 5.91 Å². The van der Waals surface area contributed by atoms with E-state index in [0.717, 1.165) is 24.8 Å². The SMILES string of the molecule is COCCN(C(=O)C(C)C)C(C)[C@H]1CC[C@@]2(O)C3=CC(=O)[C@@H]4C[C@@H](O)[C@@H](O)C[C@]4(C)C3CC[C@]12C. The molecule has 1 amide bonds. The molecule has 0 saturated heterocycles. The summed E-state index contributed by atoms with van der Waals surface area (Å²) in [6, 6.07) is -0.0643. The first-order valence-corrected chi connectivity index (χ1v) is 13.5. The molecule has 198 valence electrons. The zero-order chi connectivity index (χ0) is 25.9. The van der Waals surface area contributed by atoms with E-state index in [1.165, 1.54) is 0 Å². The molecule has 2 unspecified atom stereocenters. The van der Waals surface area contributed by atoms with Gasteiger partial charge in [-0.1, -0.05) is 27.7 Å². The molecule has 7 nitrogen and oxygen atoms in total. The van der Waals surface area contributed by atoms with E-state index in [0.29, 0.717) is 26.0 Å². The van der Waals surface area contributed by atoms with Gasteiger partial charge in [0.1, 0.15) is 0 Å². The fourth-order valence-electron chi connectivity index (χ4n) is 8.44. The van der Waals surface area contributed by atoms with Crippen molar-refractivity contribution in [3.63, 3.8) is 0 Å². The van der Waals surface area contributed by atoms with Crippen molar-refractivity contribution in [2.45, 2.75) is 97.0 Å². The molecule has 0 aromatic carbocycles. The average Bonchev–Trinajstić information content (AvgIpc) is 3.07. The van der Waals surface area contributed by atoms with Crippen LogP contribution in [-0.4, -0.2) is 76.0 Å². The summed E-state index contributed by atoms with van der Waals surface area (Å²) in [7, 11) is 1.64. The molecule has 0 heterocycles. The third-order valence-electron chi connectivity index (χ3n) is 10.6. The van der Waals surface area contributed by atoms with Crippen LogP contribution in [0.4, 0.5) is 0 Å². The summed E-state index contributed by atoms with van der Waals surface area (Å²) in [6.07, 6.45) is 3.57. The maximum atomic E-state index is 13.3. The maximum absolute atomic E-state index is 13.3. The lowest BCUT2D eigenvalue weighted by molar-refractivity contribution is -0.155. The second-order valence-electron chi connectivity index (χ2n) is 12.6. The molecule has 0 aromatic rings. The Bertz CT molecular complexity index is 887. The van der Waals surface area contributed by atoms with Crippen LogP contribution >= 0.6 is 0 Å². The molecule has 0 bridgehead atoms. The molecule has 35 heavy (non-hydrogen) atoms. The second kappa shape index (κ2) is 9.23. The first-order chi connectivity index (χ1) is 16.3. The van der Waals surface area contributed by atoms with Gasteiger partial charge in [-0.2, -0.15) is 0 Å². The van der Waals surface area contributed by atoms with Crippen molar-refractivity contribution < 1.29 is 29.6 Å². The normalized spacial score (nSPS) is 43.8. The van der Waals surface area contributed by atoms with Crippen molar-refractivity contribution >= 4 is 11.7 Å². The molecule has 0 aliphatic heterocycles. The van der Waals surface area contributed by atoms with Gasteiger partial charge >= 0.3 is 0 Å². The molecular weight excluding hydrogens is 446 g/mol. The van der Waals surface area contributed by atoms with Crippen molar-refractivity contribution in [2.24, 2.45) is 34.5 Å². The topological polar surface area (TPSA) is 107 Å². The summed E-state index contributed by atoms with van der Waals surface area (Å²) in [5.74, 6) is -0.293. The smallest absolute Gasteiger partial charge is 0.225 e. The highest BCUT2D eigenvalue weighted by atomic mass is 16.5. The number of aliphatic hydroxyl groups excluding tert-OH is 2. The first kappa shape index (κ1) is 26.8. The summed E-state index contributed by atoms with van der Waals surface area (Å²) in [6.45, 7) is 11.1. The van der Waals surface area contributed by atoms with E-state index in [4.69, 9.17) is 4.74 Å². The predicted octanol–water partition coefficient (Wildman–Crippen LogP) is 2.71. The van der Waals surface area contributed by atoms with Crippen molar-refractivity contribution in [2.75, 3.05) is 20.3 Å². The third kappa shape index (κ3) is 3.92. The van der Waals surface area contributed by atoms with Gasteiger partial charge in [0.15, 0.2) is 5.78 Å². The van der Waals surface area contributed by atoms with Gasteiger partial charge in [0.25, 0.3) is 0 Å². The predicted molar refractivity (Wildman–Crippen MR) is 132 cm³/mol. The third-order valence-corrected chi connectivity index (χ3v) is 10.6. The van der Waals surface area contributed by atoms with Gasteiger partial charge in [0, 0.05) is 36.9 Å². The fourth-order valence-corrected chi connectivity index (χ4v) is 8.44. The summed E-state index contributed by atoms with van der Waals surface area (Å²) < 4.78 is 5.30. The van der Waals surface area contributed by atoms with Crippen LogP contribution in [-0.2, 0) is 14.3 Å². The fraction of sp³-hybridized carbons (Fsp3) is 0.857. The molecule has 0 radical (unpaired) electrons. The summed E-state index contributed by atoms with van der Waals surface area (Å²) in [5, 5.41) is 33.2. The number of carbonyl (C=O) groups excluding carboxylic acids is 2. The molecule has 4 aliphatic carbocycles. The Balaban J connectivity index is 1.68. The lowest BCUT2D eigenvalue weighted by Crippen LogP contribution is -2.61. The Hall–Kier alpha value is -1.28. The molecule has 4 aliphatic rings. The van der Waals surface area contributed by atoms with Gasteiger partial charge in [0.05, 0.1) is 24.4 Å². The highest BCUT2D eigenvalue weighted by Gasteiger charge is 2.67. The number of fused-ring (bicyclic) bond motifs is 5. The first-order valence-electron chi connectivity index (χ1n) is 13.5. The van der Waals surface area contributed by atoms with E-state index in [1.807, 2.05) is 18.7 Å². The Labute approximate surface area is 209 Å². The molecule has 7 heteroatoms. The summed E-state index contributed by atoms with van der Waals surface area (Å²) in [4.78, 5) is 28.4. The molecule has 3 fully saturated rings. The Morgan fingerprint density at radius 3 is 2.46 bits per heavy atom. The number of aliphatic hydroxyl groups is 3. The Kier molecular flexibility index (Phi) is 7.06. The van der Waals surface area contributed by atoms with Gasteiger partial charge in [-0.05, 0) is 74.3 Å². The molecule has 0 spiro atoms. The van der Waals surface area contributed by atoms with Gasteiger partial charge < -0.3 is 25.0 Å². The highest BCUT2D eigenvalue weighted by Crippen LogP contribution is 2.67. The molecular formula is C28H45NO6. The number of carbonyl (C=O) groups is 2. The van der Waals surface area contributed by atoms with E-state index in [2.05, 4.69) is 20.8 Å². The zero-order valence-corrected chi connectivity index (χ0v) is 22.3. The zero-order valence-electron chi connectivity index (χ0n) is 22.3. The van der Waals surface area contributed by atoms with E-state index in [-0.39, 0.29) is 47.8 Å². The molecule has 0 aromatic heterocycles. The number of ether oxygens (including phenoxy) is 1. The van der Waals surface area contributed by atoms with Crippen LogP contribution in [0, 0.1) is 34.5 Å². The van der Waals surface area contributed by atoms with E-state index < -0.39 is 28.6 Å². The van der Waals surface area contributed by atoms with Crippen LogP contribution in [0.25, 0.3) is 0 Å². The van der Waals surface area contributed by atoms with E-state index in [9.17, 15) is 24.9 Å². The second-order valence-corrected chi connectivity index (χ2v) is 12.6. The lowest BCUT2D eigenvalue weighted by Gasteiger charge is -2.60. The molecule has 3 saturated carbocycles. The van der Waals surface area contributed by atoms with Crippen LogP contribution in [0.3, 0.4) is 0 Å². The maximum Gasteiger partial charge on any atom is 0.225 e. The van der Waals surface area contributed by atoms with Crippen LogP contribution < -0.4 is 0 Å². The average molecular weight is 492 g/mol. The number of ketones is 1. The van der Waals surface area contributed by atoms with Crippen LogP contribution in [0.1, 0.15) is 73.1 Å². The lowest BCUT2D eigenvalue weighted by atomic mass is 9.46. The quantitative estimate of drug-likeness (QED) is 0.527. The molecule has 9 atom stereocenters. The standard InChI is InChI=1S/C28H45NO6/c1-16(2)25(33)29(11-12-35-6)17(3)18-8-10-28(34)20-13-22(30)21-14-23(31)24(32)15-26(21,4)19(20)7-9-27(18,28)5/h13,16-19,21,23-24,31-32,34H,7-12,14-15H2,1-6H3/t17?,18-,19?,21+,23-,24+,26-,27-,28-/m1/s1. The number of nitrogens with zero attached hydrogens (tertiary/aromatic N) is 1. The summed E-state index contributed by atoms with van der Waals surface area (Å²) in [5.41, 5.74) is -1.23. The summed E-state index contributed by atoms with van der Waals surface area (Å²) >= 11 is 0. The number of allylic oxidation sites excluding steroid dienone is 1. The van der Waals surface area contributed by atoms with Crippen LogP contribution in [0.2, 0.25) is 0 Å². The number of rotatable bonds is 6. The van der Waals surface area contributed by atoms with Crippen LogP contribution in [0.5, 0.6) is 0 Å². The largest absolute Gasteiger partial charge is 0.390 e. The number of methoxy groups -OCH3 is 1.